The average molecular weight is 811 g/mol. The van der Waals surface area contributed by atoms with E-state index < -0.39 is 0 Å². The van der Waals surface area contributed by atoms with Crippen LogP contribution in [0.2, 0.25) is 0 Å². The lowest BCUT2D eigenvalue weighted by molar-refractivity contribution is 0.660. The van der Waals surface area contributed by atoms with Crippen LogP contribution in [0.15, 0.2) is 194 Å². The monoisotopic (exact) mass is 810 g/mol. The van der Waals surface area contributed by atoms with E-state index in [1.165, 1.54) is 39.6 Å². The van der Waals surface area contributed by atoms with E-state index >= 15 is 0 Å². The Morgan fingerprint density at radius 3 is 1.75 bits per heavy atom. The molecule has 4 nitrogen and oxygen atoms in total. The van der Waals surface area contributed by atoms with Crippen molar-refractivity contribution in [2.75, 3.05) is 0 Å². The largest absolute Gasteiger partial charge is 0.277 e. The SMILES string of the molecule is CC1(C)c2ccccc2-c2ccc(-c3cccc4c5ccc6ccccc6c5n(-c5nc(-c6ccc(-c7ccccc7)cc6)nc(-c6ccc7ccccc7c6)n5)c34)cc21.CCC. The van der Waals surface area contributed by atoms with E-state index in [1.807, 2.05) is 6.07 Å². The minimum atomic E-state index is -0.132. The Balaban J connectivity index is 0.00000144. The van der Waals surface area contributed by atoms with Gasteiger partial charge in [0.1, 0.15) is 0 Å². The maximum Gasteiger partial charge on any atom is 0.238 e. The first-order valence-corrected chi connectivity index (χ1v) is 22.0. The van der Waals surface area contributed by atoms with Crippen molar-refractivity contribution in [3.8, 4) is 62.1 Å². The smallest absolute Gasteiger partial charge is 0.238 e. The Morgan fingerprint density at radius 1 is 0.381 bits per heavy atom. The van der Waals surface area contributed by atoms with Gasteiger partial charge in [0, 0.05) is 38.3 Å². The molecular weight excluding hydrogens is 765 g/mol. The van der Waals surface area contributed by atoms with Gasteiger partial charge in [0.15, 0.2) is 11.6 Å². The van der Waals surface area contributed by atoms with Crippen LogP contribution in [0.5, 0.6) is 0 Å². The van der Waals surface area contributed by atoms with Crippen LogP contribution in [0.4, 0.5) is 0 Å². The van der Waals surface area contributed by atoms with Crippen molar-refractivity contribution in [1.82, 2.24) is 19.5 Å². The molecule has 2 heterocycles. The third kappa shape index (κ3) is 6.41. The van der Waals surface area contributed by atoms with Crippen LogP contribution in [0, 0.1) is 0 Å². The molecule has 2 aromatic heterocycles. The van der Waals surface area contributed by atoms with E-state index in [-0.39, 0.29) is 5.41 Å². The van der Waals surface area contributed by atoms with Gasteiger partial charge in [-0.2, -0.15) is 9.97 Å². The summed E-state index contributed by atoms with van der Waals surface area (Å²) < 4.78 is 2.31. The highest BCUT2D eigenvalue weighted by Gasteiger charge is 2.35. The number of para-hydroxylation sites is 1. The second kappa shape index (κ2) is 15.3. The molecule has 1 aliphatic carbocycles. The lowest BCUT2D eigenvalue weighted by Gasteiger charge is -2.22. The van der Waals surface area contributed by atoms with E-state index in [0.29, 0.717) is 17.6 Å². The zero-order valence-corrected chi connectivity index (χ0v) is 36.0. The van der Waals surface area contributed by atoms with E-state index in [9.17, 15) is 0 Å². The standard InChI is InChI=1S/C56H38N4.C3H8/c1-56(2)49-22-11-10-19-45(49)46-31-30-41(34-50(46)56)44-20-12-21-47-48-32-29-38-16-8-9-18-43(38)51(48)60(52(44)47)55-58-53(39-26-23-37(24-27-39)35-13-4-3-5-14-35)57-54(59-55)42-28-25-36-15-6-7-17-40(36)33-42;1-3-2/h3-34H,1-2H3;3H2,1-2H3. The first kappa shape index (κ1) is 38.2. The number of benzene rings is 9. The highest BCUT2D eigenvalue weighted by molar-refractivity contribution is 6.21. The summed E-state index contributed by atoms with van der Waals surface area (Å²) in [7, 11) is 0. The van der Waals surface area contributed by atoms with E-state index in [0.717, 1.165) is 65.8 Å². The van der Waals surface area contributed by atoms with Crippen LogP contribution in [0.1, 0.15) is 45.2 Å². The molecule has 12 rings (SSSR count). The number of hydrogen-bond donors (Lipinski definition) is 0. The molecule has 0 atom stereocenters. The van der Waals surface area contributed by atoms with Gasteiger partial charge in [-0.25, -0.2) is 4.98 Å². The van der Waals surface area contributed by atoms with E-state index in [1.54, 1.807) is 0 Å². The number of nitrogens with zero attached hydrogens (tertiary/aromatic N) is 4. The summed E-state index contributed by atoms with van der Waals surface area (Å²) >= 11 is 0. The van der Waals surface area contributed by atoms with E-state index in [2.05, 4.69) is 220 Å². The van der Waals surface area contributed by atoms with E-state index in [4.69, 9.17) is 15.0 Å². The molecule has 0 bridgehead atoms. The second-order valence-electron chi connectivity index (χ2n) is 17.1. The Morgan fingerprint density at radius 2 is 0.937 bits per heavy atom. The first-order chi connectivity index (χ1) is 30.9. The highest BCUT2D eigenvalue weighted by Crippen LogP contribution is 2.50. The molecule has 4 heteroatoms. The van der Waals surface area contributed by atoms with Gasteiger partial charge in [-0.1, -0.05) is 216 Å². The number of rotatable bonds is 5. The van der Waals surface area contributed by atoms with Crippen LogP contribution in [0.25, 0.3) is 105 Å². The normalized spacial score (nSPS) is 12.6. The Labute approximate surface area is 368 Å². The lowest BCUT2D eigenvalue weighted by atomic mass is 9.81. The summed E-state index contributed by atoms with van der Waals surface area (Å²) in [4.78, 5) is 16.1. The number of fused-ring (bicyclic) bond motifs is 9. The van der Waals surface area contributed by atoms with Gasteiger partial charge in [-0.05, 0) is 67.2 Å². The highest BCUT2D eigenvalue weighted by atomic mass is 15.2. The predicted octanol–water partition coefficient (Wildman–Crippen LogP) is 15.7. The summed E-state index contributed by atoms with van der Waals surface area (Å²) in [5.74, 6) is 1.82. The van der Waals surface area contributed by atoms with Crippen molar-refractivity contribution in [2.24, 2.45) is 0 Å². The molecule has 0 aliphatic heterocycles. The van der Waals surface area contributed by atoms with Crippen molar-refractivity contribution < 1.29 is 0 Å². The maximum absolute atomic E-state index is 5.43. The first-order valence-electron chi connectivity index (χ1n) is 22.0. The molecule has 0 N–H and O–H groups in total. The van der Waals surface area contributed by atoms with Crippen LogP contribution in [0.3, 0.4) is 0 Å². The number of hydrogen-bond acceptors (Lipinski definition) is 3. The fourth-order valence-corrected chi connectivity index (χ4v) is 9.63. The molecule has 0 unspecified atom stereocenters. The van der Waals surface area contributed by atoms with Crippen molar-refractivity contribution in [3.05, 3.63) is 205 Å². The Bertz CT molecular complexity index is 3520. The van der Waals surface area contributed by atoms with Crippen LogP contribution in [-0.4, -0.2) is 19.5 Å². The molecule has 0 amide bonds. The topological polar surface area (TPSA) is 43.6 Å². The third-order valence-corrected chi connectivity index (χ3v) is 12.6. The van der Waals surface area contributed by atoms with Crippen molar-refractivity contribution in [2.45, 2.75) is 39.5 Å². The van der Waals surface area contributed by atoms with Crippen molar-refractivity contribution in [3.63, 3.8) is 0 Å². The van der Waals surface area contributed by atoms with Gasteiger partial charge in [-0.15, -0.1) is 0 Å². The van der Waals surface area contributed by atoms with Crippen LogP contribution >= 0.6 is 0 Å². The molecule has 302 valence electrons. The summed E-state index contributed by atoms with van der Waals surface area (Å²) in [5, 5.41) is 6.92. The van der Waals surface area contributed by atoms with Gasteiger partial charge in [0.2, 0.25) is 5.95 Å². The molecule has 63 heavy (non-hydrogen) atoms. The molecule has 0 spiro atoms. The predicted molar refractivity (Wildman–Crippen MR) is 264 cm³/mol. The van der Waals surface area contributed by atoms with Gasteiger partial charge in [-0.3, -0.25) is 4.57 Å². The lowest BCUT2D eigenvalue weighted by Crippen LogP contribution is -2.14. The average Bonchev–Trinajstić information content (AvgIpc) is 3.80. The van der Waals surface area contributed by atoms with Gasteiger partial charge in [0.25, 0.3) is 0 Å². The summed E-state index contributed by atoms with van der Waals surface area (Å²) in [5.41, 5.74) is 13.8. The summed E-state index contributed by atoms with van der Waals surface area (Å²) in [6.07, 6.45) is 1.25. The summed E-state index contributed by atoms with van der Waals surface area (Å²) in [6.45, 7) is 8.94. The quantitative estimate of drug-likeness (QED) is 0.174. The molecule has 0 saturated heterocycles. The molecule has 0 radical (unpaired) electrons. The molecule has 1 aliphatic rings. The molecule has 0 saturated carbocycles. The Hall–Kier alpha value is -7.69. The minimum absolute atomic E-state index is 0.132. The number of aromatic nitrogens is 4. The zero-order valence-electron chi connectivity index (χ0n) is 36.0. The molecular formula is C59H46N4. The third-order valence-electron chi connectivity index (χ3n) is 12.6. The van der Waals surface area contributed by atoms with Crippen molar-refractivity contribution >= 4 is 43.4 Å². The minimum Gasteiger partial charge on any atom is -0.277 e. The van der Waals surface area contributed by atoms with Gasteiger partial charge >= 0.3 is 0 Å². The van der Waals surface area contributed by atoms with Crippen LogP contribution < -0.4 is 0 Å². The second-order valence-corrected chi connectivity index (χ2v) is 17.1. The van der Waals surface area contributed by atoms with Crippen molar-refractivity contribution in [1.29, 1.82) is 0 Å². The fraction of sp³-hybridized carbons (Fsp3) is 0.102. The van der Waals surface area contributed by atoms with Gasteiger partial charge in [0.05, 0.1) is 11.0 Å². The fourth-order valence-electron chi connectivity index (χ4n) is 9.63. The zero-order chi connectivity index (χ0) is 42.7. The summed E-state index contributed by atoms with van der Waals surface area (Å²) in [6, 6.07) is 69.6. The molecule has 9 aromatic carbocycles. The maximum atomic E-state index is 5.43. The molecule has 11 aromatic rings. The Kier molecular flexibility index (Phi) is 9.31. The van der Waals surface area contributed by atoms with Gasteiger partial charge < -0.3 is 0 Å². The molecule has 0 fully saturated rings. The van der Waals surface area contributed by atoms with Crippen LogP contribution in [-0.2, 0) is 5.41 Å².